The fourth-order valence-electron chi connectivity index (χ4n) is 4.20. The van der Waals surface area contributed by atoms with Crippen LogP contribution in [0.3, 0.4) is 0 Å². The first-order chi connectivity index (χ1) is 16.1. The topological polar surface area (TPSA) is 75.4 Å². The summed E-state index contributed by atoms with van der Waals surface area (Å²) in [6.07, 6.45) is -6.54. The van der Waals surface area contributed by atoms with Gasteiger partial charge in [0.1, 0.15) is 5.56 Å². The molecule has 0 radical (unpaired) electrons. The highest BCUT2D eigenvalue weighted by molar-refractivity contribution is 6.01. The fraction of sp³-hybridized carbons (Fsp3) is 0.522. The number of aromatic carboxylic acids is 1. The highest BCUT2D eigenvalue weighted by Gasteiger charge is 2.38. The van der Waals surface area contributed by atoms with Crippen LogP contribution >= 0.6 is 0 Å². The molecule has 1 N–H and O–H groups in total. The van der Waals surface area contributed by atoms with E-state index in [0.29, 0.717) is 35.6 Å². The van der Waals surface area contributed by atoms with Crippen LogP contribution in [0.4, 0.5) is 32.2 Å². The van der Waals surface area contributed by atoms with Gasteiger partial charge in [0.2, 0.25) is 5.91 Å². The molecule has 3 rings (SSSR count). The van der Waals surface area contributed by atoms with Gasteiger partial charge in [0, 0.05) is 18.2 Å². The average Bonchev–Trinajstić information content (AvgIpc) is 3.17. The maximum atomic E-state index is 13.3. The standard InChI is InChI=1S/C23H25F6N3O3/c1-12(2)32(20(33)14-6-4-13(3)5-7-14)19-18(21(34)35)11-31(30-19)17-9-15(22(24,25)26)8-16(10-17)23(27,28)29/h8-14H,4-7H2,1-3H3,(H,34,35). The van der Waals surface area contributed by atoms with Gasteiger partial charge in [0.05, 0.1) is 16.8 Å². The number of alkyl halides is 6. The van der Waals surface area contributed by atoms with Crippen molar-refractivity contribution in [1.29, 1.82) is 0 Å². The molecule has 1 amide bonds. The molecule has 1 heterocycles. The van der Waals surface area contributed by atoms with E-state index in [9.17, 15) is 41.0 Å². The summed E-state index contributed by atoms with van der Waals surface area (Å²) in [6.45, 7) is 5.31. The van der Waals surface area contributed by atoms with Crippen molar-refractivity contribution in [3.05, 3.63) is 41.1 Å². The van der Waals surface area contributed by atoms with Gasteiger partial charge < -0.3 is 5.11 Å². The molecule has 6 nitrogen and oxygen atoms in total. The smallest absolute Gasteiger partial charge is 0.416 e. The minimum absolute atomic E-state index is 0.0277. The van der Waals surface area contributed by atoms with Crippen LogP contribution in [0.5, 0.6) is 0 Å². The Hall–Kier alpha value is -3.05. The maximum absolute atomic E-state index is 13.3. The summed E-state index contributed by atoms with van der Waals surface area (Å²) in [5, 5.41) is 13.7. The fourth-order valence-corrected chi connectivity index (χ4v) is 4.20. The maximum Gasteiger partial charge on any atom is 0.416 e. The summed E-state index contributed by atoms with van der Waals surface area (Å²) >= 11 is 0. The molecule has 35 heavy (non-hydrogen) atoms. The molecule has 1 aliphatic carbocycles. The number of benzene rings is 1. The number of halogens is 6. The van der Waals surface area contributed by atoms with E-state index in [1.54, 1.807) is 13.8 Å². The van der Waals surface area contributed by atoms with Crippen LogP contribution in [0.15, 0.2) is 24.4 Å². The Balaban J connectivity index is 2.13. The SMILES string of the molecule is CC1CCC(C(=O)N(c2nn(-c3cc(C(F)(F)F)cc(C(F)(F)F)c3)cc2C(=O)O)C(C)C)CC1. The van der Waals surface area contributed by atoms with Crippen molar-refractivity contribution < 1.29 is 41.0 Å². The number of hydrogen-bond donors (Lipinski definition) is 1. The first-order valence-corrected chi connectivity index (χ1v) is 11.1. The Morgan fingerprint density at radius 1 is 1.00 bits per heavy atom. The number of anilines is 1. The van der Waals surface area contributed by atoms with Crippen LogP contribution in [0.1, 0.15) is 67.9 Å². The van der Waals surface area contributed by atoms with E-state index in [-0.39, 0.29) is 23.7 Å². The predicted molar refractivity (Wildman–Crippen MR) is 114 cm³/mol. The number of aromatic nitrogens is 2. The summed E-state index contributed by atoms with van der Waals surface area (Å²) in [7, 11) is 0. The molecule has 1 aromatic carbocycles. The van der Waals surface area contributed by atoms with E-state index in [2.05, 4.69) is 12.0 Å². The first-order valence-electron chi connectivity index (χ1n) is 11.1. The first kappa shape index (κ1) is 26.6. The minimum Gasteiger partial charge on any atom is -0.477 e. The number of carbonyl (C=O) groups is 2. The molecule has 0 aliphatic heterocycles. The Kier molecular flexibility index (Phi) is 7.24. The number of carbonyl (C=O) groups excluding carboxylic acids is 1. The number of rotatable bonds is 5. The third-order valence-electron chi connectivity index (χ3n) is 6.11. The molecule has 0 unspecified atom stereocenters. The minimum atomic E-state index is -5.08. The van der Waals surface area contributed by atoms with Crippen molar-refractivity contribution in [2.45, 2.75) is 64.8 Å². The normalized spacial score (nSPS) is 19.1. The Morgan fingerprint density at radius 3 is 1.94 bits per heavy atom. The lowest BCUT2D eigenvalue weighted by molar-refractivity contribution is -0.143. The monoisotopic (exact) mass is 505 g/mol. The molecule has 192 valence electrons. The van der Waals surface area contributed by atoms with Gasteiger partial charge in [0.15, 0.2) is 5.82 Å². The molecule has 1 aliphatic rings. The number of amides is 1. The molecule has 1 saturated carbocycles. The van der Waals surface area contributed by atoms with Gasteiger partial charge in [0.25, 0.3) is 0 Å². The van der Waals surface area contributed by atoms with E-state index in [0.717, 1.165) is 19.0 Å². The molecule has 12 heteroatoms. The van der Waals surface area contributed by atoms with Gasteiger partial charge in [-0.05, 0) is 63.6 Å². The Morgan fingerprint density at radius 2 is 1.51 bits per heavy atom. The molecule has 1 aromatic heterocycles. The third kappa shape index (κ3) is 5.79. The lowest BCUT2D eigenvalue weighted by Gasteiger charge is -2.32. The largest absolute Gasteiger partial charge is 0.477 e. The summed E-state index contributed by atoms with van der Waals surface area (Å²) < 4.78 is 80.4. The van der Waals surface area contributed by atoms with Gasteiger partial charge in [-0.3, -0.25) is 9.69 Å². The highest BCUT2D eigenvalue weighted by Crippen LogP contribution is 2.38. The van der Waals surface area contributed by atoms with Crippen LogP contribution < -0.4 is 4.90 Å². The molecular formula is C23H25F6N3O3. The van der Waals surface area contributed by atoms with E-state index in [1.165, 1.54) is 4.90 Å². The molecule has 0 bridgehead atoms. The zero-order valence-corrected chi connectivity index (χ0v) is 19.2. The van der Waals surface area contributed by atoms with Crippen LogP contribution in [0, 0.1) is 11.8 Å². The molecular weight excluding hydrogens is 480 g/mol. The van der Waals surface area contributed by atoms with E-state index in [1.807, 2.05) is 0 Å². The molecule has 1 fully saturated rings. The number of hydrogen-bond acceptors (Lipinski definition) is 3. The zero-order valence-electron chi connectivity index (χ0n) is 19.2. The van der Waals surface area contributed by atoms with Crippen LogP contribution in [-0.2, 0) is 17.1 Å². The van der Waals surface area contributed by atoms with Crippen molar-refractivity contribution in [3.63, 3.8) is 0 Å². The van der Waals surface area contributed by atoms with Gasteiger partial charge in [-0.2, -0.15) is 26.3 Å². The summed E-state index contributed by atoms with van der Waals surface area (Å²) in [4.78, 5) is 26.4. The van der Waals surface area contributed by atoms with Gasteiger partial charge >= 0.3 is 18.3 Å². The lowest BCUT2D eigenvalue weighted by Crippen LogP contribution is -2.43. The quantitative estimate of drug-likeness (QED) is 0.493. The summed E-state index contributed by atoms with van der Waals surface area (Å²) in [5.74, 6) is -2.17. The molecule has 2 aromatic rings. The van der Waals surface area contributed by atoms with E-state index >= 15 is 0 Å². The van der Waals surface area contributed by atoms with Gasteiger partial charge in [-0.25, -0.2) is 9.48 Å². The van der Waals surface area contributed by atoms with Crippen LogP contribution in [-0.4, -0.2) is 32.8 Å². The van der Waals surface area contributed by atoms with E-state index in [4.69, 9.17) is 0 Å². The highest BCUT2D eigenvalue weighted by atomic mass is 19.4. The van der Waals surface area contributed by atoms with Crippen molar-refractivity contribution in [2.75, 3.05) is 4.90 Å². The van der Waals surface area contributed by atoms with Crippen LogP contribution in [0.25, 0.3) is 5.69 Å². The second kappa shape index (κ2) is 9.54. The van der Waals surface area contributed by atoms with Gasteiger partial charge in [-0.1, -0.05) is 6.92 Å². The number of nitrogens with zero attached hydrogens (tertiary/aromatic N) is 3. The van der Waals surface area contributed by atoms with Crippen molar-refractivity contribution in [3.8, 4) is 5.69 Å². The molecule has 0 saturated heterocycles. The predicted octanol–water partition coefficient (Wildman–Crippen LogP) is 6.18. The van der Waals surface area contributed by atoms with Crippen molar-refractivity contribution >= 4 is 17.7 Å². The zero-order chi connectivity index (χ0) is 26.3. The second-order valence-electron chi connectivity index (χ2n) is 9.14. The average molecular weight is 505 g/mol. The van der Waals surface area contributed by atoms with Crippen LogP contribution in [0.2, 0.25) is 0 Å². The second-order valence-corrected chi connectivity index (χ2v) is 9.14. The Bertz CT molecular complexity index is 1070. The number of carboxylic acids is 1. The van der Waals surface area contributed by atoms with Crippen molar-refractivity contribution in [2.24, 2.45) is 11.8 Å². The molecule has 0 atom stereocenters. The Labute approximate surface area is 197 Å². The third-order valence-corrected chi connectivity index (χ3v) is 6.11. The van der Waals surface area contributed by atoms with Crippen molar-refractivity contribution in [1.82, 2.24) is 9.78 Å². The summed E-state index contributed by atoms with van der Waals surface area (Å²) in [6, 6.07) is 0.305. The lowest BCUT2D eigenvalue weighted by atomic mass is 9.82. The number of carboxylic acid groups (broad SMARTS) is 1. The molecule has 0 spiro atoms. The summed E-state index contributed by atoms with van der Waals surface area (Å²) in [5.41, 5.74) is -4.28. The van der Waals surface area contributed by atoms with E-state index < -0.39 is 46.7 Å². The van der Waals surface area contributed by atoms with Gasteiger partial charge in [-0.15, -0.1) is 5.10 Å².